The molecule has 8 aliphatic rings. The standard InChI is InChI=1S/C56H94N4O41/c1-13(68)57-25-35(78)43(21(9-65)88-49(25)86)96-51-27(59-15(3)70)36(79)45(23(11-67)93-51)98-54-42(85)46(33(76)24(95-54)12-87-55-47(39(82)31(74)19(7-63)91-55)100-50-26(58-14(2)69)34(77)29(72)17(5-61)89-50)99-56-48(40(83)32(75)20(8-64)92-56)101-52-28(60-16(4)71)37(80)44(22(10-66)94-52)97-53-41(84)38(81)30(73)18(6-62)90-53/h17-56,61-67,72-86H,5-12H2,1-4H3,(H,57,68)(H,58,69)(H,59,70)(H,60,71)/t17-,18-,19-,20-,21-,22-,23-,24-,25-,26-,27-,28-,29-,30-,31-,32-,33-,34-,35-,36-,37-,38+,39+,40+,41+,42+,43-,44-,45-,46+,47+,48+,49-,50+,51+,52+,53+,54+,55+,56-/m1/s1. The van der Waals surface area contributed by atoms with Crippen LogP contribution < -0.4 is 21.3 Å². The van der Waals surface area contributed by atoms with Gasteiger partial charge in [0.2, 0.25) is 23.6 Å². The molecule has 45 heteroatoms. The highest BCUT2D eigenvalue weighted by Crippen LogP contribution is 2.39. The Morgan fingerprint density at radius 3 is 0.970 bits per heavy atom. The molecule has 8 saturated heterocycles. The summed E-state index contributed by atoms with van der Waals surface area (Å²) in [5, 5.41) is 252. The summed E-state index contributed by atoms with van der Waals surface area (Å²) in [4.78, 5) is 50.2. The zero-order valence-electron chi connectivity index (χ0n) is 54.3. The van der Waals surface area contributed by atoms with Crippen LogP contribution in [0.4, 0.5) is 0 Å². The fourth-order valence-electron chi connectivity index (χ4n) is 13.0. The number of rotatable bonds is 26. The summed E-state index contributed by atoms with van der Waals surface area (Å²) in [7, 11) is 0. The Kier molecular flexibility index (Phi) is 29.9. The number of nitrogens with one attached hydrogen (secondary N) is 4. The van der Waals surface area contributed by atoms with Gasteiger partial charge in [0.1, 0.15) is 195 Å². The van der Waals surface area contributed by atoms with Crippen LogP contribution in [-0.4, -0.2) is 434 Å². The summed E-state index contributed by atoms with van der Waals surface area (Å²) in [6, 6.07) is -7.14. The molecule has 0 radical (unpaired) electrons. The van der Waals surface area contributed by atoms with Crippen LogP contribution in [0.5, 0.6) is 0 Å². The number of hydrogen-bond acceptors (Lipinski definition) is 41. The minimum atomic E-state index is -2.52. The summed E-state index contributed by atoms with van der Waals surface area (Å²) in [5.41, 5.74) is 0. The lowest BCUT2D eigenvalue weighted by Gasteiger charge is -2.51. The highest BCUT2D eigenvalue weighted by atomic mass is 16.8. The van der Waals surface area contributed by atoms with Gasteiger partial charge < -0.3 is 205 Å². The normalized spacial score (nSPS) is 48.3. The van der Waals surface area contributed by atoms with E-state index in [1.807, 2.05) is 0 Å². The highest BCUT2D eigenvalue weighted by molar-refractivity contribution is 5.74. The average Bonchev–Trinajstić information content (AvgIpc) is 0.777. The molecule has 45 nitrogen and oxygen atoms in total. The number of ether oxygens (including phenoxy) is 15. The highest BCUT2D eigenvalue weighted by Gasteiger charge is 2.60. The van der Waals surface area contributed by atoms with Gasteiger partial charge in [0.15, 0.2) is 50.3 Å². The van der Waals surface area contributed by atoms with Crippen molar-refractivity contribution in [2.24, 2.45) is 0 Å². The van der Waals surface area contributed by atoms with Crippen molar-refractivity contribution in [3.05, 3.63) is 0 Å². The number of carbonyl (C=O) groups excluding carboxylic acids is 4. The first kappa shape index (κ1) is 83.0. The lowest BCUT2D eigenvalue weighted by molar-refractivity contribution is -0.398. The van der Waals surface area contributed by atoms with Gasteiger partial charge in [-0.2, -0.15) is 0 Å². The van der Waals surface area contributed by atoms with E-state index in [2.05, 4.69) is 21.3 Å². The lowest BCUT2D eigenvalue weighted by Crippen LogP contribution is -2.71. The van der Waals surface area contributed by atoms with Gasteiger partial charge in [-0.1, -0.05) is 0 Å². The Balaban J connectivity index is 1.14. The second kappa shape index (κ2) is 36.3. The smallest absolute Gasteiger partial charge is 0.217 e. The molecule has 40 atom stereocenters. The van der Waals surface area contributed by atoms with Crippen molar-refractivity contribution >= 4 is 23.6 Å². The van der Waals surface area contributed by atoms with Gasteiger partial charge in [0, 0.05) is 27.7 Å². The fraction of sp³-hybridized carbons (Fsp3) is 0.929. The van der Waals surface area contributed by atoms with Crippen LogP contribution in [0.2, 0.25) is 0 Å². The number of hydrogen-bond donors (Lipinski definition) is 26. The molecule has 0 unspecified atom stereocenters. The van der Waals surface area contributed by atoms with E-state index in [1.165, 1.54) is 0 Å². The van der Waals surface area contributed by atoms with Gasteiger partial charge in [-0.3, -0.25) is 19.2 Å². The second-order valence-corrected chi connectivity index (χ2v) is 25.4. The third-order valence-corrected chi connectivity index (χ3v) is 18.3. The molecule has 8 rings (SSSR count). The second-order valence-electron chi connectivity index (χ2n) is 25.4. The summed E-state index contributed by atoms with van der Waals surface area (Å²) < 4.78 is 88.6. The van der Waals surface area contributed by atoms with Gasteiger partial charge in [0.05, 0.1) is 52.9 Å². The van der Waals surface area contributed by atoms with Crippen molar-refractivity contribution in [1.29, 1.82) is 0 Å². The molecule has 0 spiro atoms. The zero-order valence-corrected chi connectivity index (χ0v) is 54.3. The fourth-order valence-corrected chi connectivity index (χ4v) is 13.0. The van der Waals surface area contributed by atoms with Gasteiger partial charge in [-0.05, 0) is 0 Å². The van der Waals surface area contributed by atoms with E-state index in [9.17, 15) is 132 Å². The van der Waals surface area contributed by atoms with E-state index in [1.54, 1.807) is 0 Å². The molecule has 0 aromatic heterocycles. The average molecular weight is 1480 g/mol. The topological polar surface area (TPSA) is 700 Å². The molecule has 0 aromatic rings. The van der Waals surface area contributed by atoms with E-state index in [4.69, 9.17) is 71.1 Å². The van der Waals surface area contributed by atoms with E-state index < -0.39 is 322 Å². The molecule has 0 aromatic carbocycles. The quantitative estimate of drug-likeness (QED) is 0.0382. The predicted octanol–water partition coefficient (Wildman–Crippen LogP) is -17.9. The van der Waals surface area contributed by atoms with Crippen LogP contribution in [0.1, 0.15) is 27.7 Å². The van der Waals surface area contributed by atoms with Crippen molar-refractivity contribution < 1.29 is 203 Å². The van der Waals surface area contributed by atoms with Crippen molar-refractivity contribution in [1.82, 2.24) is 21.3 Å². The Hall–Kier alpha value is -3.60. The Morgan fingerprint density at radius 2 is 0.545 bits per heavy atom. The van der Waals surface area contributed by atoms with Crippen molar-refractivity contribution in [3.63, 3.8) is 0 Å². The van der Waals surface area contributed by atoms with Crippen LogP contribution in [0, 0.1) is 0 Å². The van der Waals surface area contributed by atoms with Crippen LogP contribution in [-0.2, 0) is 90.2 Å². The van der Waals surface area contributed by atoms with Gasteiger partial charge in [-0.15, -0.1) is 0 Å². The van der Waals surface area contributed by atoms with Crippen LogP contribution in [0.15, 0.2) is 0 Å². The molecule has 26 N–H and O–H groups in total. The zero-order chi connectivity index (χ0) is 74.5. The maximum Gasteiger partial charge on any atom is 0.217 e. The largest absolute Gasteiger partial charge is 0.394 e. The third kappa shape index (κ3) is 18.5. The summed E-state index contributed by atoms with van der Waals surface area (Å²) in [5.74, 6) is -3.45. The molecule has 4 amide bonds. The number of aliphatic hydroxyl groups excluding tert-OH is 22. The molecular formula is C56H94N4O41. The molecular weight excluding hydrogens is 1380 g/mol. The molecule has 0 saturated carbocycles. The van der Waals surface area contributed by atoms with Crippen molar-refractivity contribution in [3.8, 4) is 0 Å². The predicted molar refractivity (Wildman–Crippen MR) is 311 cm³/mol. The van der Waals surface area contributed by atoms with Gasteiger partial charge in [0.25, 0.3) is 0 Å². The Labute approximate surface area is 572 Å². The van der Waals surface area contributed by atoms with E-state index in [0.717, 1.165) is 27.7 Å². The lowest BCUT2D eigenvalue weighted by atomic mass is 9.93. The molecule has 584 valence electrons. The SMILES string of the molecule is CC(=O)N[C@@H]1[C@@H](O)[C@H](O[C@@H]2O[C@H](CO)[C@@H](O[C@@H]3O[C@H](CO[C@H]4O[C@H](CO)[C@@H](O)[C@H](O)[C@@H]4O[C@@H]4O[C@H](CO)[C@@H](O)[C@H](O)[C@H]4NC(C)=O)[C@@H](O)[C@H](O[C@H]4O[C@H](CO)[C@@H](O)[C@H](O)[C@@H]4O[C@@H]4O[C@H](CO)[C@@H](O[C@@H]5O[C@H](CO)[C@@H](O)[C@H](O)[C@@H]5O)[C@H](O)[C@H]4NC(C)=O)[C@@H]3O)[C@H](O)[C@H]2NC(C)=O)[C@@H](CO)O[C@H]1O. The van der Waals surface area contributed by atoms with Crippen LogP contribution >= 0.6 is 0 Å². The number of aliphatic hydroxyl groups is 22. The molecule has 101 heavy (non-hydrogen) atoms. The van der Waals surface area contributed by atoms with E-state index >= 15 is 0 Å². The number of amides is 4. The van der Waals surface area contributed by atoms with E-state index in [0.29, 0.717) is 0 Å². The maximum absolute atomic E-state index is 12.9. The molecule has 8 heterocycles. The minimum Gasteiger partial charge on any atom is -0.394 e. The Bertz CT molecular complexity index is 2640. The van der Waals surface area contributed by atoms with Crippen LogP contribution in [0.25, 0.3) is 0 Å². The van der Waals surface area contributed by atoms with Gasteiger partial charge in [-0.25, -0.2) is 0 Å². The van der Waals surface area contributed by atoms with Crippen molar-refractivity contribution in [2.45, 2.75) is 273 Å². The molecule has 8 fully saturated rings. The minimum absolute atomic E-state index is 0.770. The maximum atomic E-state index is 12.9. The van der Waals surface area contributed by atoms with Gasteiger partial charge >= 0.3 is 0 Å². The number of carbonyl (C=O) groups is 4. The summed E-state index contributed by atoms with van der Waals surface area (Å²) >= 11 is 0. The van der Waals surface area contributed by atoms with E-state index in [-0.39, 0.29) is 0 Å². The monoisotopic (exact) mass is 1480 g/mol. The molecule has 0 bridgehead atoms. The summed E-state index contributed by atoms with van der Waals surface area (Å²) in [6.07, 6.45) is -73.5. The summed E-state index contributed by atoms with van der Waals surface area (Å²) in [6.45, 7) is -4.55. The van der Waals surface area contributed by atoms with Crippen molar-refractivity contribution in [2.75, 3.05) is 52.9 Å². The van der Waals surface area contributed by atoms with Crippen LogP contribution in [0.3, 0.4) is 0 Å². The first-order valence-electron chi connectivity index (χ1n) is 32.1. The first-order chi connectivity index (χ1) is 47.8. The first-order valence-corrected chi connectivity index (χ1v) is 32.1. The Morgan fingerprint density at radius 1 is 0.257 bits per heavy atom. The third-order valence-electron chi connectivity index (χ3n) is 18.3. The molecule has 0 aliphatic carbocycles. The molecule has 8 aliphatic heterocycles.